The van der Waals surface area contributed by atoms with Gasteiger partial charge in [-0.25, -0.2) is 4.98 Å². The molecule has 2 rings (SSSR count). The maximum atomic E-state index is 12.7. The molecule has 1 N–H and O–H groups in total. The predicted octanol–water partition coefficient (Wildman–Crippen LogP) is 4.67. The van der Waals surface area contributed by atoms with Crippen molar-refractivity contribution in [3.8, 4) is 0 Å². The fourth-order valence-corrected chi connectivity index (χ4v) is 2.76. The van der Waals surface area contributed by atoms with Gasteiger partial charge in [0.2, 0.25) is 0 Å². The van der Waals surface area contributed by atoms with E-state index in [1.807, 2.05) is 27.8 Å². The van der Waals surface area contributed by atoms with E-state index in [0.29, 0.717) is 6.42 Å². The first-order chi connectivity index (χ1) is 10.6. The van der Waals surface area contributed by atoms with Crippen molar-refractivity contribution in [2.24, 2.45) is 7.05 Å². The van der Waals surface area contributed by atoms with Crippen LogP contribution in [-0.2, 0) is 13.2 Å². The molecule has 0 aliphatic rings. The van der Waals surface area contributed by atoms with Crippen LogP contribution in [0.5, 0.6) is 0 Å². The van der Waals surface area contributed by atoms with Crippen LogP contribution in [0.1, 0.15) is 41.9 Å². The molecule has 0 saturated heterocycles. The SMILES string of the molecule is CCC(Nc1ncc(C(F)(F)F)cc1Cl)c1c(C)nn(C)c1C. The Bertz CT molecular complexity index is 709. The summed E-state index contributed by atoms with van der Waals surface area (Å²) in [7, 11) is 1.85. The zero-order valence-electron chi connectivity index (χ0n) is 13.3. The number of rotatable bonds is 4. The van der Waals surface area contributed by atoms with E-state index in [0.717, 1.165) is 29.2 Å². The molecule has 0 aliphatic carbocycles. The maximum Gasteiger partial charge on any atom is 0.417 e. The largest absolute Gasteiger partial charge is 0.417 e. The quantitative estimate of drug-likeness (QED) is 0.875. The fraction of sp³-hybridized carbons (Fsp3) is 0.467. The van der Waals surface area contributed by atoms with E-state index < -0.39 is 11.7 Å². The molecule has 126 valence electrons. The minimum Gasteiger partial charge on any atom is -0.362 e. The minimum absolute atomic E-state index is 0.0579. The van der Waals surface area contributed by atoms with Crippen LogP contribution in [-0.4, -0.2) is 14.8 Å². The lowest BCUT2D eigenvalue weighted by Gasteiger charge is -2.20. The van der Waals surface area contributed by atoms with Crippen LogP contribution < -0.4 is 5.32 Å². The number of anilines is 1. The second-order valence-corrected chi connectivity index (χ2v) is 5.77. The van der Waals surface area contributed by atoms with Crippen molar-refractivity contribution in [2.45, 2.75) is 39.4 Å². The van der Waals surface area contributed by atoms with E-state index in [1.54, 1.807) is 4.68 Å². The van der Waals surface area contributed by atoms with Crippen LogP contribution >= 0.6 is 11.6 Å². The number of aromatic nitrogens is 3. The van der Waals surface area contributed by atoms with Gasteiger partial charge in [-0.3, -0.25) is 4.68 Å². The molecule has 1 unspecified atom stereocenters. The molecular weight excluding hydrogens is 329 g/mol. The number of hydrogen-bond donors (Lipinski definition) is 1. The first kappa shape index (κ1) is 17.6. The lowest BCUT2D eigenvalue weighted by Crippen LogP contribution is -2.14. The maximum absolute atomic E-state index is 12.7. The summed E-state index contributed by atoms with van der Waals surface area (Å²) in [5.74, 6) is 0.231. The van der Waals surface area contributed by atoms with Crippen molar-refractivity contribution in [2.75, 3.05) is 5.32 Å². The fourth-order valence-electron chi connectivity index (χ4n) is 2.54. The normalized spacial score (nSPS) is 13.2. The average Bonchev–Trinajstić information content (AvgIpc) is 2.70. The summed E-state index contributed by atoms with van der Waals surface area (Å²) in [6.07, 6.45) is -2.97. The molecule has 0 amide bonds. The monoisotopic (exact) mass is 346 g/mol. The van der Waals surface area contributed by atoms with Gasteiger partial charge in [0.25, 0.3) is 0 Å². The lowest BCUT2D eigenvalue weighted by molar-refractivity contribution is -0.137. The topological polar surface area (TPSA) is 42.7 Å². The van der Waals surface area contributed by atoms with Crippen molar-refractivity contribution in [1.29, 1.82) is 0 Å². The van der Waals surface area contributed by atoms with Gasteiger partial charge in [0.1, 0.15) is 5.82 Å². The van der Waals surface area contributed by atoms with Gasteiger partial charge >= 0.3 is 6.18 Å². The molecule has 1 atom stereocenters. The van der Waals surface area contributed by atoms with E-state index in [-0.39, 0.29) is 16.9 Å². The van der Waals surface area contributed by atoms with Crippen LogP contribution in [0.25, 0.3) is 0 Å². The third-order valence-electron chi connectivity index (χ3n) is 3.80. The number of hydrogen-bond acceptors (Lipinski definition) is 3. The number of pyridine rings is 1. The van der Waals surface area contributed by atoms with Gasteiger partial charge < -0.3 is 5.32 Å². The smallest absolute Gasteiger partial charge is 0.362 e. The van der Waals surface area contributed by atoms with E-state index in [2.05, 4.69) is 15.4 Å². The Hall–Kier alpha value is -1.76. The van der Waals surface area contributed by atoms with Gasteiger partial charge in [-0.15, -0.1) is 0 Å². The number of nitrogens with one attached hydrogen (secondary N) is 1. The number of halogens is 4. The molecule has 0 aliphatic heterocycles. The van der Waals surface area contributed by atoms with Crippen molar-refractivity contribution in [3.05, 3.63) is 39.8 Å². The highest BCUT2D eigenvalue weighted by Crippen LogP contribution is 2.34. The van der Waals surface area contributed by atoms with Crippen molar-refractivity contribution in [1.82, 2.24) is 14.8 Å². The van der Waals surface area contributed by atoms with Gasteiger partial charge in [0.05, 0.1) is 22.3 Å². The molecule has 0 fully saturated rings. The van der Waals surface area contributed by atoms with Crippen LogP contribution in [0, 0.1) is 13.8 Å². The Morgan fingerprint density at radius 3 is 2.43 bits per heavy atom. The molecule has 2 aromatic rings. The third-order valence-corrected chi connectivity index (χ3v) is 4.09. The van der Waals surface area contributed by atoms with Crippen molar-refractivity contribution in [3.63, 3.8) is 0 Å². The molecule has 2 heterocycles. The van der Waals surface area contributed by atoms with E-state index in [4.69, 9.17) is 11.6 Å². The second kappa shape index (κ2) is 6.39. The van der Waals surface area contributed by atoms with Gasteiger partial charge in [0, 0.05) is 24.5 Å². The number of aryl methyl sites for hydroxylation is 2. The van der Waals surface area contributed by atoms with E-state index in [9.17, 15) is 13.2 Å². The van der Waals surface area contributed by atoms with Gasteiger partial charge in [0.15, 0.2) is 0 Å². The highest BCUT2D eigenvalue weighted by Gasteiger charge is 2.32. The number of nitrogens with zero attached hydrogens (tertiary/aromatic N) is 3. The molecule has 8 heteroatoms. The summed E-state index contributed by atoms with van der Waals surface area (Å²) in [4.78, 5) is 3.83. The predicted molar refractivity (Wildman–Crippen MR) is 83.6 cm³/mol. The molecule has 0 bridgehead atoms. The molecule has 0 spiro atoms. The molecular formula is C15H18ClF3N4. The van der Waals surface area contributed by atoms with E-state index >= 15 is 0 Å². The second-order valence-electron chi connectivity index (χ2n) is 5.37. The minimum atomic E-state index is -4.46. The Morgan fingerprint density at radius 2 is 2.00 bits per heavy atom. The standard InChI is InChI=1S/C15H18ClF3N4/c1-5-12(13-8(2)22-23(4)9(13)3)21-14-11(16)6-10(7-20-14)15(17,18)19/h6-7,12H,5H2,1-4H3,(H,20,21). The molecule has 0 saturated carbocycles. The van der Waals surface area contributed by atoms with E-state index in [1.165, 1.54) is 0 Å². The Labute approximate surface area is 137 Å². The molecule has 4 nitrogen and oxygen atoms in total. The van der Waals surface area contributed by atoms with Gasteiger partial charge in [-0.05, 0) is 26.3 Å². The van der Waals surface area contributed by atoms with Gasteiger partial charge in [-0.1, -0.05) is 18.5 Å². The summed E-state index contributed by atoms with van der Waals surface area (Å²) >= 11 is 5.96. The van der Waals surface area contributed by atoms with Crippen LogP contribution in [0.2, 0.25) is 5.02 Å². The summed E-state index contributed by atoms with van der Waals surface area (Å²) in [5, 5.41) is 7.43. The van der Waals surface area contributed by atoms with Crippen molar-refractivity contribution >= 4 is 17.4 Å². The number of alkyl halides is 3. The highest BCUT2D eigenvalue weighted by atomic mass is 35.5. The molecule has 0 aromatic carbocycles. The molecule has 23 heavy (non-hydrogen) atoms. The zero-order chi connectivity index (χ0) is 17.4. The summed E-state index contributed by atoms with van der Waals surface area (Å²) in [6.45, 7) is 5.82. The summed E-state index contributed by atoms with van der Waals surface area (Å²) < 4.78 is 39.8. The zero-order valence-corrected chi connectivity index (χ0v) is 14.0. The Kier molecular flexibility index (Phi) is 4.89. The summed E-state index contributed by atoms with van der Waals surface area (Å²) in [5.41, 5.74) is 2.00. The first-order valence-electron chi connectivity index (χ1n) is 7.14. The van der Waals surface area contributed by atoms with Gasteiger partial charge in [-0.2, -0.15) is 18.3 Å². The Balaban J connectivity index is 2.33. The first-order valence-corrected chi connectivity index (χ1v) is 7.52. The Morgan fingerprint density at radius 1 is 1.35 bits per heavy atom. The van der Waals surface area contributed by atoms with Crippen LogP contribution in [0.3, 0.4) is 0 Å². The van der Waals surface area contributed by atoms with Crippen LogP contribution in [0.15, 0.2) is 12.3 Å². The molecule has 2 aromatic heterocycles. The summed E-state index contributed by atoms with van der Waals surface area (Å²) in [6, 6.07) is 0.748. The molecule has 0 radical (unpaired) electrons. The van der Waals surface area contributed by atoms with Crippen LogP contribution in [0.4, 0.5) is 19.0 Å². The average molecular weight is 347 g/mol. The lowest BCUT2D eigenvalue weighted by atomic mass is 10.0. The highest BCUT2D eigenvalue weighted by molar-refractivity contribution is 6.33. The third kappa shape index (κ3) is 3.60. The van der Waals surface area contributed by atoms with Crippen molar-refractivity contribution < 1.29 is 13.2 Å².